The molecule has 0 radical (unpaired) electrons. The second-order valence-electron chi connectivity index (χ2n) is 5.62. The predicted molar refractivity (Wildman–Crippen MR) is 85.4 cm³/mol. The highest BCUT2D eigenvalue weighted by Crippen LogP contribution is 2.37. The number of fused-ring (bicyclic) bond motifs is 1. The standard InChI is InChI=1S/C16H13BrN4O2/c17-12-3-2-11-9-16(22,5-4-10(11)8-12)15-20-14(21-23-15)13-18-6-1-7-19-13/h1-3,6-8,22H,4-5,9H2. The maximum Gasteiger partial charge on any atom is 0.259 e. The first-order chi connectivity index (χ1) is 11.1. The van der Waals surface area contributed by atoms with Crippen LogP contribution < -0.4 is 0 Å². The number of rotatable bonds is 2. The van der Waals surface area contributed by atoms with E-state index in [1.165, 1.54) is 5.56 Å². The van der Waals surface area contributed by atoms with Crippen molar-refractivity contribution in [1.29, 1.82) is 0 Å². The molecule has 23 heavy (non-hydrogen) atoms. The van der Waals surface area contributed by atoms with Crippen LogP contribution in [0.2, 0.25) is 0 Å². The molecule has 1 aliphatic carbocycles. The zero-order chi connectivity index (χ0) is 15.9. The minimum absolute atomic E-state index is 0.216. The highest BCUT2D eigenvalue weighted by molar-refractivity contribution is 9.10. The molecule has 1 aliphatic rings. The van der Waals surface area contributed by atoms with E-state index in [-0.39, 0.29) is 11.7 Å². The summed E-state index contributed by atoms with van der Waals surface area (Å²) >= 11 is 3.48. The summed E-state index contributed by atoms with van der Waals surface area (Å²) in [5, 5.41) is 14.9. The number of hydrogen-bond acceptors (Lipinski definition) is 6. The van der Waals surface area contributed by atoms with E-state index < -0.39 is 5.60 Å². The Morgan fingerprint density at radius 2 is 1.96 bits per heavy atom. The van der Waals surface area contributed by atoms with E-state index in [2.05, 4.69) is 42.1 Å². The van der Waals surface area contributed by atoms with E-state index in [0.717, 1.165) is 16.5 Å². The fraction of sp³-hybridized carbons (Fsp3) is 0.250. The molecule has 2 heterocycles. The summed E-state index contributed by atoms with van der Waals surface area (Å²) in [7, 11) is 0. The van der Waals surface area contributed by atoms with Gasteiger partial charge in [-0.25, -0.2) is 9.97 Å². The lowest BCUT2D eigenvalue weighted by molar-refractivity contribution is -0.00861. The summed E-state index contributed by atoms with van der Waals surface area (Å²) in [6.45, 7) is 0. The third-order valence-corrected chi connectivity index (χ3v) is 4.54. The molecule has 4 rings (SSSR count). The summed E-state index contributed by atoms with van der Waals surface area (Å²) in [4.78, 5) is 12.5. The van der Waals surface area contributed by atoms with Gasteiger partial charge in [0.25, 0.3) is 5.89 Å². The molecule has 0 amide bonds. The van der Waals surface area contributed by atoms with Gasteiger partial charge >= 0.3 is 0 Å². The molecule has 3 aromatic rings. The van der Waals surface area contributed by atoms with Crippen LogP contribution >= 0.6 is 15.9 Å². The molecule has 1 atom stereocenters. The molecule has 0 fully saturated rings. The van der Waals surface area contributed by atoms with Crippen LogP contribution in [0.1, 0.15) is 23.4 Å². The van der Waals surface area contributed by atoms with Gasteiger partial charge < -0.3 is 9.63 Å². The van der Waals surface area contributed by atoms with Crippen molar-refractivity contribution in [2.45, 2.75) is 24.9 Å². The van der Waals surface area contributed by atoms with Crippen LogP contribution in [-0.4, -0.2) is 25.2 Å². The van der Waals surface area contributed by atoms with Crippen LogP contribution in [0.25, 0.3) is 11.6 Å². The largest absolute Gasteiger partial charge is 0.380 e. The Morgan fingerprint density at radius 3 is 2.78 bits per heavy atom. The summed E-state index contributed by atoms with van der Waals surface area (Å²) in [5.74, 6) is 0.885. The van der Waals surface area contributed by atoms with Gasteiger partial charge in [0, 0.05) is 23.3 Å². The van der Waals surface area contributed by atoms with Crippen LogP contribution in [0, 0.1) is 0 Å². The topological polar surface area (TPSA) is 84.9 Å². The highest BCUT2D eigenvalue weighted by Gasteiger charge is 2.39. The molecule has 1 aromatic carbocycles. The van der Waals surface area contributed by atoms with Gasteiger partial charge in [-0.15, -0.1) is 0 Å². The third-order valence-electron chi connectivity index (χ3n) is 4.05. The first-order valence-electron chi connectivity index (χ1n) is 7.25. The van der Waals surface area contributed by atoms with Crippen molar-refractivity contribution in [3.05, 3.63) is 58.1 Å². The molecular weight excluding hydrogens is 360 g/mol. The van der Waals surface area contributed by atoms with Gasteiger partial charge in [0.1, 0.15) is 5.60 Å². The first kappa shape index (κ1) is 14.5. The number of halogens is 1. The van der Waals surface area contributed by atoms with E-state index in [0.29, 0.717) is 18.7 Å². The number of hydrogen-bond donors (Lipinski definition) is 1. The molecule has 0 saturated heterocycles. The Hall–Kier alpha value is -2.12. The van der Waals surface area contributed by atoms with Crippen LogP contribution in [-0.2, 0) is 18.4 Å². The summed E-state index contributed by atoms with van der Waals surface area (Å²) in [6, 6.07) is 7.79. The third kappa shape index (κ3) is 2.66. The van der Waals surface area contributed by atoms with Crippen LogP contribution in [0.3, 0.4) is 0 Å². The SMILES string of the molecule is OC1(c2nc(-c3ncccn3)no2)CCc2cc(Br)ccc2C1. The number of aromatic nitrogens is 4. The Bertz CT molecular complexity index is 852. The van der Waals surface area contributed by atoms with Crippen molar-refractivity contribution in [2.75, 3.05) is 0 Å². The van der Waals surface area contributed by atoms with E-state index in [1.54, 1.807) is 18.5 Å². The van der Waals surface area contributed by atoms with Crippen molar-refractivity contribution in [3.8, 4) is 11.6 Å². The van der Waals surface area contributed by atoms with Gasteiger partial charge in [-0.05, 0) is 42.2 Å². The maximum absolute atomic E-state index is 11.0. The minimum atomic E-state index is -1.15. The van der Waals surface area contributed by atoms with Gasteiger partial charge in [-0.3, -0.25) is 0 Å². The summed E-state index contributed by atoms with van der Waals surface area (Å²) in [5.41, 5.74) is 1.17. The van der Waals surface area contributed by atoms with Crippen molar-refractivity contribution < 1.29 is 9.63 Å². The molecule has 7 heteroatoms. The van der Waals surface area contributed by atoms with Crippen LogP contribution in [0.15, 0.2) is 45.7 Å². The van der Waals surface area contributed by atoms with Gasteiger partial charge in [0.05, 0.1) is 0 Å². The molecule has 0 aliphatic heterocycles. The molecule has 1 N–H and O–H groups in total. The highest BCUT2D eigenvalue weighted by atomic mass is 79.9. The van der Waals surface area contributed by atoms with Crippen molar-refractivity contribution in [2.24, 2.45) is 0 Å². The Labute approximate surface area is 140 Å². The molecule has 0 saturated carbocycles. The summed E-state index contributed by atoms with van der Waals surface area (Å²) in [6.07, 6.45) is 4.97. The Kier molecular flexibility index (Phi) is 3.46. The Balaban J connectivity index is 1.66. The summed E-state index contributed by atoms with van der Waals surface area (Å²) < 4.78 is 6.34. The lowest BCUT2D eigenvalue weighted by Gasteiger charge is -2.30. The average molecular weight is 373 g/mol. The van der Waals surface area contributed by atoms with E-state index in [4.69, 9.17) is 4.52 Å². The lowest BCUT2D eigenvalue weighted by atomic mass is 9.80. The zero-order valence-electron chi connectivity index (χ0n) is 12.1. The zero-order valence-corrected chi connectivity index (χ0v) is 13.7. The number of nitrogens with zero attached hydrogens (tertiary/aromatic N) is 4. The van der Waals surface area contributed by atoms with Gasteiger partial charge in [0.15, 0.2) is 0 Å². The molecule has 116 valence electrons. The molecular formula is C16H13BrN4O2. The fourth-order valence-corrected chi connectivity index (χ4v) is 3.25. The predicted octanol–water partition coefficient (Wildman–Crippen LogP) is 2.67. The molecule has 2 aromatic heterocycles. The first-order valence-corrected chi connectivity index (χ1v) is 8.05. The van der Waals surface area contributed by atoms with E-state index in [1.807, 2.05) is 12.1 Å². The maximum atomic E-state index is 11.0. The van der Waals surface area contributed by atoms with Gasteiger partial charge in [-0.2, -0.15) is 4.98 Å². The molecule has 1 unspecified atom stereocenters. The van der Waals surface area contributed by atoms with Gasteiger partial charge in [0.2, 0.25) is 11.6 Å². The van der Waals surface area contributed by atoms with Crippen LogP contribution in [0.4, 0.5) is 0 Å². The van der Waals surface area contributed by atoms with E-state index >= 15 is 0 Å². The lowest BCUT2D eigenvalue weighted by Crippen LogP contribution is -2.33. The smallest absolute Gasteiger partial charge is 0.259 e. The molecule has 0 spiro atoms. The fourth-order valence-electron chi connectivity index (χ4n) is 2.85. The normalized spacial score (nSPS) is 20.3. The average Bonchev–Trinajstić information content (AvgIpc) is 3.07. The monoisotopic (exact) mass is 372 g/mol. The van der Waals surface area contributed by atoms with Gasteiger partial charge in [-0.1, -0.05) is 27.2 Å². The van der Waals surface area contributed by atoms with E-state index in [9.17, 15) is 5.11 Å². The van der Waals surface area contributed by atoms with Crippen LogP contribution in [0.5, 0.6) is 0 Å². The Morgan fingerprint density at radius 1 is 1.13 bits per heavy atom. The number of aryl methyl sites for hydroxylation is 1. The van der Waals surface area contributed by atoms with Crippen molar-refractivity contribution >= 4 is 15.9 Å². The second kappa shape index (κ2) is 5.50. The quantitative estimate of drug-likeness (QED) is 0.744. The number of aliphatic hydroxyl groups is 1. The molecule has 0 bridgehead atoms. The minimum Gasteiger partial charge on any atom is -0.380 e. The molecule has 6 nitrogen and oxygen atoms in total. The second-order valence-corrected chi connectivity index (χ2v) is 6.53. The van der Waals surface area contributed by atoms with Crippen molar-refractivity contribution in [1.82, 2.24) is 20.1 Å². The number of benzene rings is 1. The van der Waals surface area contributed by atoms with Crippen molar-refractivity contribution in [3.63, 3.8) is 0 Å².